The number of nitrogens with zero attached hydrogens (tertiary/aromatic N) is 4. The molecule has 0 unspecified atom stereocenters. The van der Waals surface area contributed by atoms with Gasteiger partial charge in [-0.3, -0.25) is 9.11 Å². The molecule has 4 N–H and O–H groups in total. The van der Waals surface area contributed by atoms with E-state index in [1.54, 1.807) is 18.2 Å². The molecule has 0 saturated carbocycles. The quantitative estimate of drug-likeness (QED) is 0.0942. The summed E-state index contributed by atoms with van der Waals surface area (Å²) in [6.07, 6.45) is 0. The summed E-state index contributed by atoms with van der Waals surface area (Å²) in [4.78, 5) is -0.723. The van der Waals surface area contributed by atoms with E-state index < -0.39 is 20.2 Å². The highest BCUT2D eigenvalue weighted by Crippen LogP contribution is 2.39. The summed E-state index contributed by atoms with van der Waals surface area (Å²) in [6, 6.07) is 26.2. The molecule has 6 aromatic rings. The van der Waals surface area contributed by atoms with Gasteiger partial charge in [-0.15, -0.1) is 20.5 Å². The molecule has 0 aromatic heterocycles. The predicted molar refractivity (Wildman–Crippen MR) is 169 cm³/mol. The molecule has 220 valence electrons. The zero-order valence-electron chi connectivity index (χ0n) is 22.9. The summed E-state index contributed by atoms with van der Waals surface area (Å²) < 4.78 is 67.3. The lowest BCUT2D eigenvalue weighted by Gasteiger charge is -2.09. The van der Waals surface area contributed by atoms with Crippen molar-refractivity contribution in [2.75, 3.05) is 5.73 Å². The Bertz CT molecular complexity index is 2430. The third kappa shape index (κ3) is 5.52. The summed E-state index contributed by atoms with van der Waals surface area (Å²) >= 11 is 0. The predicted octanol–water partition coefficient (Wildman–Crippen LogP) is 8.36. The van der Waals surface area contributed by atoms with Gasteiger partial charge in [0.05, 0.1) is 27.6 Å². The molecule has 6 rings (SSSR count). The van der Waals surface area contributed by atoms with Crippen molar-refractivity contribution in [3.8, 4) is 0 Å². The Hall–Kier alpha value is -5.08. The van der Waals surface area contributed by atoms with Crippen LogP contribution in [0, 0.1) is 6.92 Å². The molecule has 0 bridgehead atoms. The average Bonchev–Trinajstić information content (AvgIpc) is 2.98. The Morgan fingerprint density at radius 1 is 0.568 bits per heavy atom. The van der Waals surface area contributed by atoms with Crippen molar-refractivity contribution in [3.05, 3.63) is 103 Å². The van der Waals surface area contributed by atoms with Crippen molar-refractivity contribution < 1.29 is 25.9 Å². The number of nitrogens with two attached hydrogens (primary N) is 1. The number of hydrogen-bond donors (Lipinski definition) is 3. The second-order valence-corrected chi connectivity index (χ2v) is 12.8. The SMILES string of the molecule is Cc1ccc2cccc(N=Nc3ccc(N=Nc4ccc(N)c5c(S(=O)(=O)O)cccc45)c4cc(S(=O)(=O)O)ccc34)c2c1. The second-order valence-electron chi connectivity index (χ2n) is 10.0. The largest absolute Gasteiger partial charge is 0.398 e. The topological polar surface area (TPSA) is 184 Å². The number of aryl methyl sites for hydroxylation is 1. The van der Waals surface area contributed by atoms with E-state index in [0.29, 0.717) is 27.5 Å². The molecule has 0 spiro atoms. The Morgan fingerprint density at radius 3 is 1.86 bits per heavy atom. The van der Waals surface area contributed by atoms with Crippen LogP contribution < -0.4 is 5.73 Å². The normalized spacial score (nSPS) is 12.7. The van der Waals surface area contributed by atoms with E-state index in [1.165, 1.54) is 42.5 Å². The number of anilines is 1. The van der Waals surface area contributed by atoms with E-state index in [4.69, 9.17) is 5.73 Å². The van der Waals surface area contributed by atoms with Gasteiger partial charge in [-0.2, -0.15) is 16.8 Å². The third-order valence-corrected chi connectivity index (χ3v) is 8.82. The van der Waals surface area contributed by atoms with Gasteiger partial charge in [0.25, 0.3) is 20.2 Å². The molecule has 13 heteroatoms. The van der Waals surface area contributed by atoms with E-state index in [2.05, 4.69) is 20.5 Å². The van der Waals surface area contributed by atoms with Crippen LogP contribution >= 0.6 is 0 Å². The maximum atomic E-state index is 12.0. The maximum Gasteiger partial charge on any atom is 0.295 e. The summed E-state index contributed by atoms with van der Waals surface area (Å²) in [5.74, 6) is 0. The van der Waals surface area contributed by atoms with Crippen molar-refractivity contribution in [1.29, 1.82) is 0 Å². The molecule has 0 atom stereocenters. The van der Waals surface area contributed by atoms with Gasteiger partial charge in [-0.1, -0.05) is 48.0 Å². The smallest absolute Gasteiger partial charge is 0.295 e. The first-order valence-corrected chi connectivity index (χ1v) is 15.9. The highest BCUT2D eigenvalue weighted by Gasteiger charge is 2.18. The van der Waals surface area contributed by atoms with Crippen LogP contribution in [0.15, 0.2) is 127 Å². The zero-order chi connectivity index (χ0) is 31.2. The Labute approximate surface area is 251 Å². The van der Waals surface area contributed by atoms with Gasteiger partial charge in [0.15, 0.2) is 0 Å². The second kappa shape index (κ2) is 10.9. The lowest BCUT2D eigenvalue weighted by Crippen LogP contribution is -2.01. The van der Waals surface area contributed by atoms with Crippen molar-refractivity contribution in [1.82, 2.24) is 0 Å². The molecule has 0 aliphatic heterocycles. The standard InChI is InChI=1S/C31H23N5O6S2/c1-18-8-9-19-4-2-6-26(23(19)16-18)33-34-27-14-15-29(24-17-20(43(37,38)39)10-11-21(24)27)36-35-28-13-12-25(32)31-22(28)5-3-7-30(31)44(40,41)42/h2-17H,32H2,1H3,(H,37,38,39)(H,40,41,42). The van der Waals surface area contributed by atoms with Crippen LogP contribution in [0.3, 0.4) is 0 Å². The van der Waals surface area contributed by atoms with Gasteiger partial charge >= 0.3 is 0 Å². The number of benzene rings is 6. The molecule has 0 aliphatic rings. The van der Waals surface area contributed by atoms with E-state index in [0.717, 1.165) is 16.3 Å². The molecular formula is C31H23N5O6S2. The zero-order valence-corrected chi connectivity index (χ0v) is 24.6. The molecule has 0 saturated heterocycles. The van der Waals surface area contributed by atoms with Crippen LogP contribution in [0.4, 0.5) is 28.4 Å². The monoisotopic (exact) mass is 625 g/mol. The van der Waals surface area contributed by atoms with Gasteiger partial charge in [0, 0.05) is 32.6 Å². The van der Waals surface area contributed by atoms with Crippen LogP contribution in [0.1, 0.15) is 5.56 Å². The highest BCUT2D eigenvalue weighted by molar-refractivity contribution is 7.86. The van der Waals surface area contributed by atoms with Crippen LogP contribution in [0.25, 0.3) is 32.3 Å². The lowest BCUT2D eigenvalue weighted by molar-refractivity contribution is 0.481. The first kappa shape index (κ1) is 29.0. The molecule has 0 radical (unpaired) electrons. The number of nitrogen functional groups attached to an aromatic ring is 1. The van der Waals surface area contributed by atoms with E-state index in [1.807, 2.05) is 43.3 Å². The molecule has 6 aromatic carbocycles. The molecular weight excluding hydrogens is 603 g/mol. The molecule has 0 fully saturated rings. The first-order valence-electron chi connectivity index (χ1n) is 13.1. The summed E-state index contributed by atoms with van der Waals surface area (Å²) in [5, 5.41) is 20.7. The highest BCUT2D eigenvalue weighted by atomic mass is 32.2. The van der Waals surface area contributed by atoms with Gasteiger partial charge in [0.1, 0.15) is 4.90 Å². The van der Waals surface area contributed by atoms with Gasteiger partial charge in [0.2, 0.25) is 0 Å². The lowest BCUT2D eigenvalue weighted by atomic mass is 10.1. The average molecular weight is 626 g/mol. The van der Waals surface area contributed by atoms with Crippen LogP contribution in [0.5, 0.6) is 0 Å². The van der Waals surface area contributed by atoms with Gasteiger partial charge < -0.3 is 5.73 Å². The minimum Gasteiger partial charge on any atom is -0.398 e. The van der Waals surface area contributed by atoms with Crippen LogP contribution in [-0.2, 0) is 20.2 Å². The Balaban J connectivity index is 1.49. The van der Waals surface area contributed by atoms with E-state index >= 15 is 0 Å². The minimum atomic E-state index is -4.58. The third-order valence-electron chi connectivity index (χ3n) is 7.07. The fourth-order valence-corrected chi connectivity index (χ4v) is 6.23. The maximum absolute atomic E-state index is 12.0. The summed E-state index contributed by atoms with van der Waals surface area (Å²) in [7, 11) is -9.13. The molecule has 0 heterocycles. The fourth-order valence-electron chi connectivity index (χ4n) is 4.99. The van der Waals surface area contributed by atoms with Crippen molar-refractivity contribution in [3.63, 3.8) is 0 Å². The van der Waals surface area contributed by atoms with Crippen molar-refractivity contribution in [2.24, 2.45) is 20.5 Å². The summed E-state index contributed by atoms with van der Waals surface area (Å²) in [5.41, 5.74) is 8.78. The number of fused-ring (bicyclic) bond motifs is 3. The minimum absolute atomic E-state index is 0.0874. The fraction of sp³-hybridized carbons (Fsp3) is 0.0323. The number of rotatable bonds is 6. The Kier molecular flexibility index (Phi) is 7.18. The molecule has 11 nitrogen and oxygen atoms in total. The van der Waals surface area contributed by atoms with Crippen LogP contribution in [-0.4, -0.2) is 25.9 Å². The number of hydrogen-bond acceptors (Lipinski definition) is 9. The van der Waals surface area contributed by atoms with Crippen molar-refractivity contribution in [2.45, 2.75) is 16.7 Å². The van der Waals surface area contributed by atoms with Gasteiger partial charge in [-0.25, -0.2) is 0 Å². The molecule has 0 aliphatic carbocycles. The first-order chi connectivity index (χ1) is 20.9. The van der Waals surface area contributed by atoms with E-state index in [-0.39, 0.29) is 32.2 Å². The number of azo groups is 2. The molecule has 0 amide bonds. The Morgan fingerprint density at radius 2 is 1.18 bits per heavy atom. The van der Waals surface area contributed by atoms with Crippen molar-refractivity contribution >= 4 is 81.0 Å². The summed E-state index contributed by atoms with van der Waals surface area (Å²) in [6.45, 7) is 1.99. The van der Waals surface area contributed by atoms with Gasteiger partial charge in [-0.05, 0) is 66.9 Å². The molecule has 44 heavy (non-hydrogen) atoms. The van der Waals surface area contributed by atoms with E-state index in [9.17, 15) is 25.9 Å². The van der Waals surface area contributed by atoms with Crippen LogP contribution in [0.2, 0.25) is 0 Å².